The molecule has 0 bridgehead atoms. The van der Waals surface area contributed by atoms with E-state index in [4.69, 9.17) is 4.18 Å². The highest BCUT2D eigenvalue weighted by molar-refractivity contribution is 7.84. The second-order valence-corrected chi connectivity index (χ2v) is 5.34. The molecule has 5 heteroatoms. The van der Waals surface area contributed by atoms with Gasteiger partial charge in [0.05, 0.1) is 12.1 Å². The van der Waals surface area contributed by atoms with Crippen LogP contribution in [0.15, 0.2) is 0 Å². The molecule has 1 aliphatic heterocycles. The Morgan fingerprint density at radius 2 is 2.00 bits per heavy atom. The van der Waals surface area contributed by atoms with Gasteiger partial charge in [0.2, 0.25) is 0 Å². The third-order valence-corrected chi connectivity index (χ3v) is 4.30. The Balaban J connectivity index is 3.01. The van der Waals surface area contributed by atoms with Crippen molar-refractivity contribution < 1.29 is 12.6 Å². The van der Waals surface area contributed by atoms with Crippen molar-refractivity contribution in [3.8, 4) is 0 Å². The number of hydrogen-bond donors (Lipinski definition) is 0. The normalized spacial score (nSPS) is 36.1. The Bertz CT molecular complexity index is 272. The molecule has 0 unspecified atom stereocenters. The van der Waals surface area contributed by atoms with Crippen LogP contribution in [0.5, 0.6) is 0 Å². The zero-order valence-electron chi connectivity index (χ0n) is 7.86. The molecule has 0 spiro atoms. The van der Waals surface area contributed by atoms with Crippen LogP contribution in [0.3, 0.4) is 0 Å². The lowest BCUT2D eigenvalue weighted by atomic mass is 9.90. The van der Waals surface area contributed by atoms with Gasteiger partial charge in [0.1, 0.15) is 0 Å². The van der Waals surface area contributed by atoms with Gasteiger partial charge in [-0.2, -0.15) is 12.7 Å². The largest absolute Gasteiger partial charge is 0.338 e. The topological polar surface area (TPSA) is 46.6 Å². The van der Waals surface area contributed by atoms with E-state index in [9.17, 15) is 8.42 Å². The van der Waals surface area contributed by atoms with Crippen LogP contribution in [0, 0.1) is 5.92 Å². The van der Waals surface area contributed by atoms with Gasteiger partial charge in [0.15, 0.2) is 0 Å². The minimum Gasteiger partial charge on any atom is -0.256 e. The molecule has 0 saturated carbocycles. The highest BCUT2D eigenvalue weighted by atomic mass is 32.2. The van der Waals surface area contributed by atoms with Crippen LogP contribution in [0.25, 0.3) is 0 Å². The summed E-state index contributed by atoms with van der Waals surface area (Å²) in [6.07, 6.45) is 0. The van der Waals surface area contributed by atoms with Crippen LogP contribution >= 0.6 is 0 Å². The molecule has 12 heavy (non-hydrogen) atoms. The lowest BCUT2D eigenvalue weighted by Gasteiger charge is -2.31. The standard InChI is InChI=1S/C7H15NO3S/c1-6(2)7(3)5-11-12(9,10)8(7)4/h6H,5H2,1-4H3/t7-/m0/s1. The van der Waals surface area contributed by atoms with Crippen molar-refractivity contribution in [3.05, 3.63) is 0 Å². The first kappa shape index (κ1) is 9.95. The first-order valence-corrected chi connectivity index (χ1v) is 5.30. The fraction of sp³-hybridized carbons (Fsp3) is 1.00. The van der Waals surface area contributed by atoms with E-state index in [0.29, 0.717) is 0 Å². The van der Waals surface area contributed by atoms with E-state index in [1.165, 1.54) is 4.31 Å². The maximum Gasteiger partial charge on any atom is 0.338 e. The Morgan fingerprint density at radius 3 is 2.17 bits per heavy atom. The first-order chi connectivity index (χ1) is 5.31. The second-order valence-electron chi connectivity index (χ2n) is 3.70. The molecule has 1 rings (SSSR count). The van der Waals surface area contributed by atoms with Crippen LogP contribution < -0.4 is 0 Å². The van der Waals surface area contributed by atoms with Crippen LogP contribution in [-0.2, 0) is 14.5 Å². The fourth-order valence-corrected chi connectivity index (χ4v) is 2.47. The molecule has 0 amide bonds. The third-order valence-electron chi connectivity index (χ3n) is 2.80. The quantitative estimate of drug-likeness (QED) is 0.613. The summed E-state index contributed by atoms with van der Waals surface area (Å²) in [5.74, 6) is 0.250. The molecule has 0 aromatic carbocycles. The highest BCUT2D eigenvalue weighted by Crippen LogP contribution is 2.32. The van der Waals surface area contributed by atoms with Crippen LogP contribution in [0.2, 0.25) is 0 Å². The van der Waals surface area contributed by atoms with Gasteiger partial charge >= 0.3 is 10.3 Å². The molecular weight excluding hydrogens is 178 g/mol. The number of rotatable bonds is 1. The van der Waals surface area contributed by atoms with Gasteiger partial charge in [-0.1, -0.05) is 13.8 Å². The minimum absolute atomic E-state index is 0.250. The molecule has 4 nitrogen and oxygen atoms in total. The summed E-state index contributed by atoms with van der Waals surface area (Å²) in [5, 5.41) is 0. The highest BCUT2D eigenvalue weighted by Gasteiger charge is 2.47. The van der Waals surface area contributed by atoms with E-state index in [-0.39, 0.29) is 12.5 Å². The monoisotopic (exact) mass is 193 g/mol. The zero-order chi connectivity index (χ0) is 9.57. The van der Waals surface area contributed by atoms with Gasteiger partial charge in [0, 0.05) is 7.05 Å². The average Bonchev–Trinajstić information content (AvgIpc) is 2.15. The van der Waals surface area contributed by atoms with Crippen molar-refractivity contribution >= 4 is 10.3 Å². The Morgan fingerprint density at radius 1 is 1.50 bits per heavy atom. The van der Waals surface area contributed by atoms with Gasteiger partial charge in [0.25, 0.3) is 0 Å². The molecule has 1 heterocycles. The van der Waals surface area contributed by atoms with E-state index >= 15 is 0 Å². The van der Waals surface area contributed by atoms with Gasteiger partial charge in [-0.15, -0.1) is 0 Å². The molecule has 0 N–H and O–H groups in total. The zero-order valence-corrected chi connectivity index (χ0v) is 8.68. The van der Waals surface area contributed by atoms with Crippen molar-refractivity contribution in [1.29, 1.82) is 0 Å². The summed E-state index contributed by atoms with van der Waals surface area (Å²) >= 11 is 0. The van der Waals surface area contributed by atoms with Crippen molar-refractivity contribution in [2.24, 2.45) is 5.92 Å². The van der Waals surface area contributed by atoms with Crippen molar-refractivity contribution in [3.63, 3.8) is 0 Å². The third kappa shape index (κ3) is 1.26. The molecule has 0 aliphatic carbocycles. The lowest BCUT2D eigenvalue weighted by Crippen LogP contribution is -2.46. The van der Waals surface area contributed by atoms with Crippen molar-refractivity contribution in [2.75, 3.05) is 13.7 Å². The maximum atomic E-state index is 11.2. The van der Waals surface area contributed by atoms with Crippen LogP contribution in [0.4, 0.5) is 0 Å². The summed E-state index contributed by atoms with van der Waals surface area (Å²) < 4.78 is 28.4. The Kier molecular flexibility index (Phi) is 2.22. The molecule has 1 atom stereocenters. The number of hydrogen-bond acceptors (Lipinski definition) is 3. The molecule has 0 aromatic heterocycles. The predicted molar refractivity (Wildman–Crippen MR) is 45.9 cm³/mol. The van der Waals surface area contributed by atoms with E-state index in [0.717, 1.165) is 0 Å². The summed E-state index contributed by atoms with van der Waals surface area (Å²) in [5.41, 5.74) is -0.390. The van der Waals surface area contributed by atoms with Crippen molar-refractivity contribution in [1.82, 2.24) is 4.31 Å². The molecule has 1 saturated heterocycles. The van der Waals surface area contributed by atoms with E-state index in [1.807, 2.05) is 20.8 Å². The first-order valence-electron chi connectivity index (χ1n) is 3.94. The maximum absolute atomic E-state index is 11.2. The molecular formula is C7H15NO3S. The molecule has 72 valence electrons. The Labute approximate surface area is 73.8 Å². The lowest BCUT2D eigenvalue weighted by molar-refractivity contribution is 0.162. The van der Waals surface area contributed by atoms with E-state index in [2.05, 4.69) is 0 Å². The van der Waals surface area contributed by atoms with Gasteiger partial charge < -0.3 is 0 Å². The van der Waals surface area contributed by atoms with E-state index < -0.39 is 15.8 Å². The molecule has 1 aliphatic rings. The smallest absolute Gasteiger partial charge is 0.256 e. The minimum atomic E-state index is -3.44. The Hall–Kier alpha value is -0.130. The van der Waals surface area contributed by atoms with Gasteiger partial charge in [-0.25, -0.2) is 0 Å². The summed E-state index contributed by atoms with van der Waals surface area (Å²) in [4.78, 5) is 0. The van der Waals surface area contributed by atoms with E-state index in [1.54, 1.807) is 7.05 Å². The predicted octanol–water partition coefficient (Wildman–Crippen LogP) is 0.608. The molecule has 0 radical (unpaired) electrons. The van der Waals surface area contributed by atoms with Crippen LogP contribution in [0.1, 0.15) is 20.8 Å². The average molecular weight is 193 g/mol. The summed E-state index contributed by atoms with van der Waals surface area (Å²) in [6, 6.07) is 0. The number of likely N-dealkylation sites (N-methyl/N-ethyl adjacent to an activating group) is 1. The van der Waals surface area contributed by atoms with Gasteiger partial charge in [-0.05, 0) is 12.8 Å². The van der Waals surface area contributed by atoms with Crippen LogP contribution in [-0.4, -0.2) is 31.9 Å². The molecule has 0 aromatic rings. The summed E-state index contributed by atoms with van der Waals surface area (Å²) in [7, 11) is -1.89. The van der Waals surface area contributed by atoms with Crippen molar-refractivity contribution in [2.45, 2.75) is 26.3 Å². The van der Waals surface area contributed by atoms with Gasteiger partial charge in [-0.3, -0.25) is 4.18 Å². The number of nitrogens with zero attached hydrogens (tertiary/aromatic N) is 1. The summed E-state index contributed by atoms with van der Waals surface area (Å²) in [6.45, 7) is 6.12. The fourth-order valence-electron chi connectivity index (χ4n) is 1.15. The molecule has 1 fully saturated rings. The second kappa shape index (κ2) is 2.68. The SMILES string of the molecule is CC(C)[C@]1(C)COS(=O)(=O)N1C.